The molecule has 0 saturated heterocycles. The first-order valence-electron chi connectivity index (χ1n) is 6.02. The van der Waals surface area contributed by atoms with Gasteiger partial charge in [0.05, 0.1) is 13.5 Å². The molecule has 0 fully saturated rings. The number of methoxy groups -OCH3 is 1. The summed E-state index contributed by atoms with van der Waals surface area (Å²) in [7, 11) is 3.13. The second-order valence-electron chi connectivity index (χ2n) is 4.12. The number of nitrogens with one attached hydrogen (secondary N) is 2. The second-order valence-corrected chi connectivity index (χ2v) is 4.12. The van der Waals surface area contributed by atoms with Gasteiger partial charge in [-0.2, -0.15) is 0 Å². The number of hydrogen-bond donors (Lipinski definition) is 2. The Morgan fingerprint density at radius 1 is 1.22 bits per heavy atom. The lowest BCUT2D eigenvalue weighted by atomic mass is 10.1. The van der Waals surface area contributed by atoms with Crippen molar-refractivity contribution in [2.45, 2.75) is 38.6 Å². The van der Waals surface area contributed by atoms with E-state index in [0.717, 1.165) is 19.4 Å². The Hall–Kier alpha value is -1.43. The highest BCUT2D eigenvalue weighted by molar-refractivity contribution is 5.98. The summed E-state index contributed by atoms with van der Waals surface area (Å²) < 4.78 is 4.62. The van der Waals surface area contributed by atoms with E-state index in [1.165, 1.54) is 14.0 Å². The predicted octanol–water partition coefficient (Wildman–Crippen LogP) is 0.0130. The van der Waals surface area contributed by atoms with Crippen LogP contribution in [0.15, 0.2) is 0 Å². The van der Waals surface area contributed by atoms with Crippen LogP contribution in [0.3, 0.4) is 0 Å². The van der Waals surface area contributed by atoms with Gasteiger partial charge in [0.2, 0.25) is 5.91 Å². The van der Waals surface area contributed by atoms with E-state index in [0.29, 0.717) is 6.42 Å². The van der Waals surface area contributed by atoms with Gasteiger partial charge in [-0.25, -0.2) is 4.79 Å². The molecule has 0 aliphatic carbocycles. The fraction of sp³-hybridized carbons (Fsp3) is 0.750. The van der Waals surface area contributed by atoms with Crippen molar-refractivity contribution < 1.29 is 19.1 Å². The van der Waals surface area contributed by atoms with Crippen molar-refractivity contribution in [2.24, 2.45) is 0 Å². The number of amides is 1. The van der Waals surface area contributed by atoms with E-state index in [2.05, 4.69) is 15.4 Å². The standard InChI is InChI=1S/C12H22N2O4/c1-9(15)8-11(16)14-10(12(17)18-3)6-4-5-7-13-2/h10,13H,4-8H2,1-3H3,(H,14,16). The van der Waals surface area contributed by atoms with E-state index in [1.54, 1.807) is 0 Å². The van der Waals surface area contributed by atoms with Crippen LogP contribution in [-0.2, 0) is 19.1 Å². The van der Waals surface area contributed by atoms with Crippen LogP contribution in [-0.4, -0.2) is 44.4 Å². The van der Waals surface area contributed by atoms with Crippen LogP contribution >= 0.6 is 0 Å². The molecule has 0 aromatic rings. The summed E-state index contributed by atoms with van der Waals surface area (Å²) in [6.45, 7) is 2.19. The molecule has 1 amide bonds. The van der Waals surface area contributed by atoms with Gasteiger partial charge < -0.3 is 15.4 Å². The number of carbonyl (C=O) groups is 3. The van der Waals surface area contributed by atoms with E-state index in [4.69, 9.17) is 0 Å². The zero-order chi connectivity index (χ0) is 14.0. The molecular formula is C12H22N2O4. The molecule has 0 radical (unpaired) electrons. The largest absolute Gasteiger partial charge is 0.467 e. The monoisotopic (exact) mass is 258 g/mol. The number of unbranched alkanes of at least 4 members (excludes halogenated alkanes) is 1. The fourth-order valence-electron chi connectivity index (χ4n) is 1.51. The molecule has 6 heteroatoms. The van der Waals surface area contributed by atoms with Crippen LogP contribution in [0.1, 0.15) is 32.6 Å². The van der Waals surface area contributed by atoms with Crippen LogP contribution in [0.2, 0.25) is 0 Å². The maximum Gasteiger partial charge on any atom is 0.328 e. The molecular weight excluding hydrogens is 236 g/mol. The molecule has 0 spiro atoms. The smallest absolute Gasteiger partial charge is 0.328 e. The van der Waals surface area contributed by atoms with Gasteiger partial charge in [0.25, 0.3) is 0 Å². The molecule has 0 saturated carbocycles. The summed E-state index contributed by atoms with van der Waals surface area (Å²) in [5, 5.41) is 5.52. The minimum atomic E-state index is -0.668. The maximum absolute atomic E-state index is 11.5. The summed E-state index contributed by atoms with van der Waals surface area (Å²) >= 11 is 0. The Kier molecular flexibility index (Phi) is 8.82. The lowest BCUT2D eigenvalue weighted by Crippen LogP contribution is -2.42. The second kappa shape index (κ2) is 9.58. The lowest BCUT2D eigenvalue weighted by Gasteiger charge is -2.16. The average molecular weight is 258 g/mol. The van der Waals surface area contributed by atoms with E-state index in [9.17, 15) is 14.4 Å². The molecule has 104 valence electrons. The van der Waals surface area contributed by atoms with E-state index in [1.807, 2.05) is 7.05 Å². The molecule has 0 rings (SSSR count). The lowest BCUT2D eigenvalue weighted by molar-refractivity contribution is -0.145. The molecule has 18 heavy (non-hydrogen) atoms. The van der Waals surface area contributed by atoms with Crippen molar-refractivity contribution in [1.29, 1.82) is 0 Å². The van der Waals surface area contributed by atoms with Gasteiger partial charge in [-0.15, -0.1) is 0 Å². The SMILES string of the molecule is CNCCCCC(NC(=O)CC(C)=O)C(=O)OC. The Balaban J connectivity index is 4.18. The third-order valence-electron chi connectivity index (χ3n) is 2.40. The quantitative estimate of drug-likeness (QED) is 0.346. The molecule has 1 atom stereocenters. The van der Waals surface area contributed by atoms with Crippen LogP contribution < -0.4 is 10.6 Å². The van der Waals surface area contributed by atoms with Gasteiger partial charge in [-0.3, -0.25) is 9.59 Å². The maximum atomic E-state index is 11.5. The van der Waals surface area contributed by atoms with Gasteiger partial charge in [-0.1, -0.05) is 0 Å². The van der Waals surface area contributed by atoms with Crippen molar-refractivity contribution >= 4 is 17.7 Å². The Morgan fingerprint density at radius 2 is 1.89 bits per heavy atom. The van der Waals surface area contributed by atoms with Crippen LogP contribution in [0.25, 0.3) is 0 Å². The highest BCUT2D eigenvalue weighted by Gasteiger charge is 2.21. The zero-order valence-electron chi connectivity index (χ0n) is 11.2. The van der Waals surface area contributed by atoms with Gasteiger partial charge in [0.15, 0.2) is 0 Å². The number of ether oxygens (including phenoxy) is 1. The molecule has 0 aromatic heterocycles. The zero-order valence-corrected chi connectivity index (χ0v) is 11.2. The highest BCUT2D eigenvalue weighted by Crippen LogP contribution is 2.03. The predicted molar refractivity (Wildman–Crippen MR) is 67.0 cm³/mol. The van der Waals surface area contributed by atoms with Gasteiger partial charge >= 0.3 is 5.97 Å². The summed E-state index contributed by atoms with van der Waals surface area (Å²) in [6.07, 6.45) is 2.01. The van der Waals surface area contributed by atoms with Gasteiger partial charge in [0.1, 0.15) is 11.8 Å². The summed E-state index contributed by atoms with van der Waals surface area (Å²) in [4.78, 5) is 33.7. The van der Waals surface area contributed by atoms with E-state index < -0.39 is 17.9 Å². The number of carbonyl (C=O) groups excluding carboxylic acids is 3. The minimum absolute atomic E-state index is 0.204. The third kappa shape index (κ3) is 7.78. The summed E-state index contributed by atoms with van der Waals surface area (Å²) in [6, 6.07) is -0.668. The van der Waals surface area contributed by atoms with Gasteiger partial charge in [0, 0.05) is 0 Å². The van der Waals surface area contributed by atoms with Crippen LogP contribution in [0.5, 0.6) is 0 Å². The molecule has 0 bridgehead atoms. The third-order valence-corrected chi connectivity index (χ3v) is 2.40. The van der Waals surface area contributed by atoms with Crippen molar-refractivity contribution in [3.8, 4) is 0 Å². The normalized spacial score (nSPS) is 11.7. The minimum Gasteiger partial charge on any atom is -0.467 e. The van der Waals surface area contributed by atoms with Crippen molar-refractivity contribution in [2.75, 3.05) is 20.7 Å². The molecule has 0 aliphatic rings. The average Bonchev–Trinajstić information content (AvgIpc) is 2.31. The molecule has 2 N–H and O–H groups in total. The first kappa shape index (κ1) is 16.6. The molecule has 6 nitrogen and oxygen atoms in total. The van der Waals surface area contributed by atoms with Gasteiger partial charge in [-0.05, 0) is 39.8 Å². The molecule has 0 heterocycles. The van der Waals surface area contributed by atoms with Crippen molar-refractivity contribution in [1.82, 2.24) is 10.6 Å². The summed E-state index contributed by atoms with van der Waals surface area (Å²) in [5.74, 6) is -1.14. The number of ketones is 1. The van der Waals surface area contributed by atoms with E-state index in [-0.39, 0.29) is 12.2 Å². The van der Waals surface area contributed by atoms with Crippen LogP contribution in [0, 0.1) is 0 Å². The number of rotatable bonds is 9. The first-order valence-corrected chi connectivity index (χ1v) is 6.02. The molecule has 0 aliphatic heterocycles. The number of Topliss-reactive ketones (excluding diaryl/α,β-unsaturated/α-hetero) is 1. The number of hydrogen-bond acceptors (Lipinski definition) is 5. The first-order chi connectivity index (χ1) is 8.51. The summed E-state index contributed by atoms with van der Waals surface area (Å²) in [5.41, 5.74) is 0. The molecule has 0 aromatic carbocycles. The Bertz CT molecular complexity index is 292. The van der Waals surface area contributed by atoms with Crippen LogP contribution in [0.4, 0.5) is 0 Å². The Labute approximate surface area is 107 Å². The molecule has 1 unspecified atom stereocenters. The van der Waals surface area contributed by atoms with Crippen molar-refractivity contribution in [3.05, 3.63) is 0 Å². The highest BCUT2D eigenvalue weighted by atomic mass is 16.5. The van der Waals surface area contributed by atoms with E-state index >= 15 is 0 Å². The topological polar surface area (TPSA) is 84.5 Å². The fourth-order valence-corrected chi connectivity index (χ4v) is 1.51. The number of esters is 1. The van der Waals surface area contributed by atoms with Crippen molar-refractivity contribution in [3.63, 3.8) is 0 Å². The Morgan fingerprint density at radius 3 is 2.39 bits per heavy atom.